The first-order valence-electron chi connectivity index (χ1n) is 16.6. The number of ether oxygens (including phenoxy) is 4. The second-order valence-corrected chi connectivity index (χ2v) is 11.1. The highest BCUT2D eigenvalue weighted by molar-refractivity contribution is 5.76. The van der Waals surface area contributed by atoms with Gasteiger partial charge in [-0.3, -0.25) is 0 Å². The van der Waals surface area contributed by atoms with E-state index in [9.17, 15) is 10.2 Å². The first-order chi connectivity index (χ1) is 24.0. The molecule has 0 saturated heterocycles. The topological polar surface area (TPSA) is 118 Å². The molecule has 1 unspecified atom stereocenters. The van der Waals surface area contributed by atoms with Crippen LogP contribution in [0.5, 0.6) is 17.2 Å². The minimum Gasteiger partial charge on any atom is -0.491 e. The molecular formula is C41H50O8. The average Bonchev–Trinajstić information content (AvgIpc) is 3.12. The summed E-state index contributed by atoms with van der Waals surface area (Å²) in [5.74, 6) is 1.62. The third-order valence-electron chi connectivity index (χ3n) is 7.40. The van der Waals surface area contributed by atoms with Crippen LogP contribution in [0.2, 0.25) is 0 Å². The highest BCUT2D eigenvalue weighted by Crippen LogP contribution is 2.38. The molecule has 0 bridgehead atoms. The number of benzene rings is 3. The van der Waals surface area contributed by atoms with Crippen molar-refractivity contribution in [1.29, 1.82) is 0 Å². The summed E-state index contributed by atoms with van der Waals surface area (Å²) in [6, 6.07) is 21.3. The molecule has 0 radical (unpaired) electrons. The van der Waals surface area contributed by atoms with Crippen LogP contribution in [0.1, 0.15) is 37.3 Å². The summed E-state index contributed by atoms with van der Waals surface area (Å²) in [4.78, 5) is 0. The lowest BCUT2D eigenvalue weighted by Crippen LogP contribution is -2.12. The fourth-order valence-electron chi connectivity index (χ4n) is 5.22. The van der Waals surface area contributed by atoms with Crippen LogP contribution in [-0.4, -0.2) is 79.9 Å². The molecule has 0 aliphatic carbocycles. The quantitative estimate of drug-likeness (QED) is 0.0692. The molecule has 0 aliphatic rings. The lowest BCUT2D eigenvalue weighted by molar-refractivity contribution is 0.106. The Morgan fingerprint density at radius 1 is 0.755 bits per heavy atom. The summed E-state index contributed by atoms with van der Waals surface area (Å²) in [7, 11) is 0. The van der Waals surface area contributed by atoms with Gasteiger partial charge in [0.1, 0.15) is 37.1 Å². The van der Waals surface area contributed by atoms with Crippen LogP contribution in [-0.2, 0) is 4.74 Å². The summed E-state index contributed by atoms with van der Waals surface area (Å²) < 4.78 is 23.2. The van der Waals surface area contributed by atoms with Crippen molar-refractivity contribution in [1.82, 2.24) is 0 Å². The van der Waals surface area contributed by atoms with Gasteiger partial charge in [0.25, 0.3) is 0 Å². The monoisotopic (exact) mass is 670 g/mol. The van der Waals surface area contributed by atoms with Crippen molar-refractivity contribution in [3.8, 4) is 28.4 Å². The Morgan fingerprint density at radius 3 is 1.94 bits per heavy atom. The van der Waals surface area contributed by atoms with E-state index in [-0.39, 0.29) is 65.4 Å². The van der Waals surface area contributed by atoms with Gasteiger partial charge < -0.3 is 39.4 Å². The number of hydrogen-bond acceptors (Lipinski definition) is 8. The van der Waals surface area contributed by atoms with Crippen LogP contribution in [0.4, 0.5) is 0 Å². The molecule has 0 amide bonds. The van der Waals surface area contributed by atoms with Gasteiger partial charge in [0, 0.05) is 11.5 Å². The minimum atomic E-state index is -0.333. The summed E-state index contributed by atoms with van der Waals surface area (Å²) in [6.07, 6.45) is 13.0. The van der Waals surface area contributed by atoms with Gasteiger partial charge in [0.2, 0.25) is 0 Å². The molecule has 0 aromatic heterocycles. The van der Waals surface area contributed by atoms with Gasteiger partial charge in [-0.05, 0) is 77.6 Å². The Labute approximate surface area is 290 Å². The summed E-state index contributed by atoms with van der Waals surface area (Å²) >= 11 is 0. The second-order valence-electron chi connectivity index (χ2n) is 11.1. The fraction of sp³-hybridized carbons (Fsp3) is 0.317. The molecule has 0 aliphatic heterocycles. The highest BCUT2D eigenvalue weighted by atomic mass is 16.5. The van der Waals surface area contributed by atoms with Crippen LogP contribution in [0.15, 0.2) is 121 Å². The summed E-state index contributed by atoms with van der Waals surface area (Å²) in [5.41, 5.74) is 6.69. The Kier molecular flexibility index (Phi) is 17.7. The SMILES string of the molecule is C=C/C=C(\C=C\C(/C(=C/C(C)=C\CC)COCCO)c1cc(-c2ccc(OCCO)cc2)ccc1OCCO)c1ccc(OCCO)cc1. The third-order valence-corrected chi connectivity index (χ3v) is 7.40. The zero-order valence-corrected chi connectivity index (χ0v) is 28.6. The first-order valence-corrected chi connectivity index (χ1v) is 16.6. The molecule has 1 atom stereocenters. The van der Waals surface area contributed by atoms with Gasteiger partial charge in [-0.25, -0.2) is 0 Å². The molecule has 0 spiro atoms. The summed E-state index contributed by atoms with van der Waals surface area (Å²) in [6.45, 7) is 8.75. The number of allylic oxidation sites excluding steroid dienone is 8. The smallest absolute Gasteiger partial charge is 0.123 e. The van der Waals surface area contributed by atoms with Crippen molar-refractivity contribution in [2.24, 2.45) is 0 Å². The van der Waals surface area contributed by atoms with Crippen molar-refractivity contribution in [2.45, 2.75) is 26.2 Å². The Hall–Kier alpha value is -4.44. The standard InChI is InChI=1S/C41H50O8/c1-4-6-31(3)28-36(30-46-24-20-42)39(18-12-32(7-5-2)33-8-14-37(15-9-33)47-25-21-43)40-29-35(13-19-41(40)49-27-23-45)34-10-16-38(17-11-34)48-26-22-44/h5-19,28-29,39,42-45H,2,4,20-27,30H2,1,3H3/b18-12+,31-6-,32-7+,36-28+. The second kappa shape index (κ2) is 22.2. The van der Waals surface area contributed by atoms with E-state index in [0.29, 0.717) is 17.2 Å². The normalized spacial score (nSPS) is 13.1. The zero-order valence-electron chi connectivity index (χ0n) is 28.6. The van der Waals surface area contributed by atoms with Gasteiger partial charge in [-0.15, -0.1) is 0 Å². The molecule has 0 saturated carbocycles. The lowest BCUT2D eigenvalue weighted by atomic mass is 9.86. The average molecular weight is 671 g/mol. The predicted molar refractivity (Wildman–Crippen MR) is 196 cm³/mol. The number of hydrogen-bond donors (Lipinski definition) is 4. The van der Waals surface area contributed by atoms with E-state index in [2.05, 4.69) is 44.7 Å². The van der Waals surface area contributed by atoms with E-state index in [4.69, 9.17) is 29.2 Å². The van der Waals surface area contributed by atoms with Gasteiger partial charge in [0.15, 0.2) is 0 Å². The largest absolute Gasteiger partial charge is 0.491 e. The van der Waals surface area contributed by atoms with Crippen LogP contribution in [0, 0.1) is 0 Å². The Morgan fingerprint density at radius 2 is 1.35 bits per heavy atom. The maximum Gasteiger partial charge on any atom is 0.123 e. The molecule has 0 fully saturated rings. The maximum atomic E-state index is 9.67. The van der Waals surface area contributed by atoms with Crippen LogP contribution in [0.25, 0.3) is 16.7 Å². The third kappa shape index (κ3) is 12.8. The molecule has 262 valence electrons. The van der Waals surface area contributed by atoms with Crippen molar-refractivity contribution >= 4 is 5.57 Å². The van der Waals surface area contributed by atoms with E-state index in [0.717, 1.165) is 45.4 Å². The van der Waals surface area contributed by atoms with E-state index < -0.39 is 0 Å². The van der Waals surface area contributed by atoms with E-state index >= 15 is 0 Å². The van der Waals surface area contributed by atoms with Crippen LogP contribution >= 0.6 is 0 Å². The van der Waals surface area contributed by atoms with Crippen molar-refractivity contribution in [3.05, 3.63) is 132 Å². The fourth-order valence-corrected chi connectivity index (χ4v) is 5.22. The molecule has 4 N–H and O–H groups in total. The van der Waals surface area contributed by atoms with Gasteiger partial charge in [0.05, 0.1) is 39.6 Å². The molecule has 0 heterocycles. The Balaban J connectivity index is 2.21. The highest BCUT2D eigenvalue weighted by Gasteiger charge is 2.21. The molecular weight excluding hydrogens is 620 g/mol. The minimum absolute atomic E-state index is 0.0613. The molecule has 3 aromatic rings. The van der Waals surface area contributed by atoms with E-state index in [1.54, 1.807) is 6.08 Å². The van der Waals surface area contributed by atoms with Gasteiger partial charge in [-0.2, -0.15) is 0 Å². The maximum absolute atomic E-state index is 9.67. The number of aliphatic hydroxyl groups excluding tert-OH is 4. The van der Waals surface area contributed by atoms with E-state index in [1.807, 2.05) is 72.8 Å². The molecule has 8 nitrogen and oxygen atoms in total. The molecule has 8 heteroatoms. The summed E-state index contributed by atoms with van der Waals surface area (Å²) in [5, 5.41) is 37.5. The first kappa shape index (κ1) is 39.0. The van der Waals surface area contributed by atoms with E-state index in [1.165, 1.54) is 0 Å². The Bertz CT molecular complexity index is 1530. The lowest BCUT2D eigenvalue weighted by Gasteiger charge is -2.23. The molecule has 3 rings (SSSR count). The predicted octanol–water partition coefficient (Wildman–Crippen LogP) is 6.67. The van der Waals surface area contributed by atoms with Crippen LogP contribution < -0.4 is 14.2 Å². The van der Waals surface area contributed by atoms with Crippen molar-refractivity contribution < 1.29 is 39.4 Å². The van der Waals surface area contributed by atoms with Gasteiger partial charge >= 0.3 is 0 Å². The zero-order chi connectivity index (χ0) is 35.3. The van der Waals surface area contributed by atoms with Crippen molar-refractivity contribution in [3.63, 3.8) is 0 Å². The van der Waals surface area contributed by atoms with Crippen molar-refractivity contribution in [2.75, 3.05) is 59.5 Å². The molecule has 49 heavy (non-hydrogen) atoms. The van der Waals surface area contributed by atoms with Crippen LogP contribution in [0.3, 0.4) is 0 Å². The number of aliphatic hydroxyl groups is 4. The number of rotatable bonds is 22. The van der Waals surface area contributed by atoms with Gasteiger partial charge in [-0.1, -0.05) is 85.9 Å². The molecule has 3 aromatic carbocycles.